The Kier molecular flexibility index (Phi) is 4.28. The molecule has 0 nitrogen and oxygen atoms in total. The maximum Gasteiger partial charge on any atom is -0.0181 e. The first-order chi connectivity index (χ1) is 12.2. The van der Waals surface area contributed by atoms with Crippen molar-refractivity contribution in [3.63, 3.8) is 0 Å². The largest absolute Gasteiger partial charge is 0.0616 e. The van der Waals surface area contributed by atoms with E-state index in [1.54, 1.807) is 0 Å². The summed E-state index contributed by atoms with van der Waals surface area (Å²) in [5, 5.41) is 5.32. The third kappa shape index (κ3) is 3.30. The zero-order valence-electron chi connectivity index (χ0n) is 14.9. The molecular weight excluding hydrogens is 300 g/mol. The number of hydrogen-bond acceptors (Lipinski definition) is 0. The highest BCUT2D eigenvalue weighted by atomic mass is 14.2. The van der Waals surface area contributed by atoms with Gasteiger partial charge in [0.1, 0.15) is 0 Å². The van der Waals surface area contributed by atoms with E-state index in [1.807, 2.05) is 0 Å². The summed E-state index contributed by atoms with van der Waals surface area (Å²) in [6.07, 6.45) is 1.16. The Bertz CT molecular complexity index is 929. The Balaban J connectivity index is 1.56. The normalized spacial score (nSPS) is 13.8. The van der Waals surface area contributed by atoms with Crippen molar-refractivity contribution in [3.05, 3.63) is 96.1 Å². The van der Waals surface area contributed by atoms with Crippen molar-refractivity contribution >= 4 is 21.5 Å². The van der Waals surface area contributed by atoms with Crippen LogP contribution in [0.15, 0.2) is 84.9 Å². The van der Waals surface area contributed by atoms with E-state index in [0.717, 1.165) is 6.42 Å². The first-order valence-electron chi connectivity index (χ1n) is 9.18. The highest BCUT2D eigenvalue weighted by Crippen LogP contribution is 2.32. The molecule has 0 spiro atoms. The fraction of sp³-hybridized carbons (Fsp3) is 0.200. The Morgan fingerprint density at radius 2 is 0.920 bits per heavy atom. The van der Waals surface area contributed by atoms with Crippen molar-refractivity contribution in [3.8, 4) is 0 Å². The van der Waals surface area contributed by atoms with Crippen LogP contribution in [0.5, 0.6) is 0 Å². The van der Waals surface area contributed by atoms with Crippen molar-refractivity contribution < 1.29 is 0 Å². The third-order valence-electron chi connectivity index (χ3n) is 5.39. The van der Waals surface area contributed by atoms with Crippen LogP contribution in [-0.2, 0) is 0 Å². The molecule has 0 radical (unpaired) electrons. The molecule has 0 amide bonds. The molecule has 0 saturated carbocycles. The molecule has 0 fully saturated rings. The van der Waals surface area contributed by atoms with E-state index in [4.69, 9.17) is 0 Å². The van der Waals surface area contributed by atoms with Gasteiger partial charge in [-0.1, -0.05) is 98.8 Å². The lowest BCUT2D eigenvalue weighted by Gasteiger charge is -2.19. The average molecular weight is 324 g/mol. The average Bonchev–Trinajstić information content (AvgIpc) is 2.67. The van der Waals surface area contributed by atoms with Gasteiger partial charge in [-0.2, -0.15) is 0 Å². The van der Waals surface area contributed by atoms with E-state index in [1.165, 1.54) is 32.7 Å². The standard InChI is InChI=1S/C25H24/c1-18(22-13-11-20-7-3-5-9-24(20)16-22)15-19(2)23-14-12-21-8-4-6-10-25(21)17-23/h3-14,16-19H,15H2,1-2H3/t18-,19-/m0/s1. The van der Waals surface area contributed by atoms with Gasteiger partial charge in [-0.05, 0) is 50.9 Å². The highest BCUT2D eigenvalue weighted by Gasteiger charge is 2.13. The summed E-state index contributed by atoms with van der Waals surface area (Å²) in [4.78, 5) is 0. The van der Waals surface area contributed by atoms with Crippen LogP contribution in [0.3, 0.4) is 0 Å². The lowest BCUT2D eigenvalue weighted by Crippen LogP contribution is -2.01. The predicted molar refractivity (Wildman–Crippen MR) is 109 cm³/mol. The van der Waals surface area contributed by atoms with Gasteiger partial charge < -0.3 is 0 Å². The lowest BCUT2D eigenvalue weighted by atomic mass is 9.86. The van der Waals surface area contributed by atoms with E-state index in [-0.39, 0.29) is 0 Å². The minimum Gasteiger partial charge on any atom is -0.0616 e. The SMILES string of the molecule is C[C@@H](C[C@H](C)c1ccc2ccccc2c1)c1ccc2ccccc2c1. The minimum atomic E-state index is 0.547. The zero-order valence-corrected chi connectivity index (χ0v) is 14.9. The van der Waals surface area contributed by atoms with E-state index in [2.05, 4.69) is 98.8 Å². The molecule has 124 valence electrons. The molecule has 0 heteroatoms. The molecule has 0 bridgehead atoms. The van der Waals surface area contributed by atoms with Gasteiger partial charge in [0.05, 0.1) is 0 Å². The maximum atomic E-state index is 2.35. The number of hydrogen-bond donors (Lipinski definition) is 0. The van der Waals surface area contributed by atoms with Crippen LogP contribution in [-0.4, -0.2) is 0 Å². The van der Waals surface area contributed by atoms with Crippen LogP contribution in [0.25, 0.3) is 21.5 Å². The molecule has 0 heterocycles. The fourth-order valence-corrected chi connectivity index (χ4v) is 3.83. The van der Waals surface area contributed by atoms with Crippen molar-refractivity contribution in [2.24, 2.45) is 0 Å². The molecule has 0 aliphatic rings. The topological polar surface area (TPSA) is 0 Å². The number of rotatable bonds is 4. The first kappa shape index (κ1) is 15.9. The quantitative estimate of drug-likeness (QED) is 0.370. The van der Waals surface area contributed by atoms with E-state index < -0.39 is 0 Å². The van der Waals surface area contributed by atoms with Crippen LogP contribution in [0, 0.1) is 0 Å². The summed E-state index contributed by atoms with van der Waals surface area (Å²) in [6, 6.07) is 31.0. The summed E-state index contributed by atoms with van der Waals surface area (Å²) >= 11 is 0. The highest BCUT2D eigenvalue weighted by molar-refractivity contribution is 5.84. The Morgan fingerprint density at radius 1 is 0.520 bits per heavy atom. The summed E-state index contributed by atoms with van der Waals surface area (Å²) in [7, 11) is 0. The smallest absolute Gasteiger partial charge is 0.0181 e. The summed E-state index contributed by atoms with van der Waals surface area (Å²) in [6.45, 7) is 4.70. The molecule has 4 rings (SSSR count). The summed E-state index contributed by atoms with van der Waals surface area (Å²) < 4.78 is 0. The Hall–Kier alpha value is -2.60. The van der Waals surface area contributed by atoms with E-state index >= 15 is 0 Å². The molecule has 0 aliphatic carbocycles. The Morgan fingerprint density at radius 3 is 1.36 bits per heavy atom. The summed E-state index contributed by atoms with van der Waals surface area (Å²) in [5.74, 6) is 1.09. The third-order valence-corrected chi connectivity index (χ3v) is 5.39. The Labute approximate surface area is 150 Å². The predicted octanol–water partition coefficient (Wildman–Crippen LogP) is 7.29. The van der Waals surface area contributed by atoms with Crippen LogP contribution in [0.2, 0.25) is 0 Å². The van der Waals surface area contributed by atoms with Gasteiger partial charge in [-0.3, -0.25) is 0 Å². The van der Waals surface area contributed by atoms with Crippen molar-refractivity contribution in [1.82, 2.24) is 0 Å². The van der Waals surface area contributed by atoms with Gasteiger partial charge >= 0.3 is 0 Å². The van der Waals surface area contributed by atoms with Gasteiger partial charge in [0.2, 0.25) is 0 Å². The molecule has 2 atom stereocenters. The van der Waals surface area contributed by atoms with Gasteiger partial charge in [0.15, 0.2) is 0 Å². The summed E-state index contributed by atoms with van der Waals surface area (Å²) in [5.41, 5.74) is 2.87. The fourth-order valence-electron chi connectivity index (χ4n) is 3.83. The molecule has 25 heavy (non-hydrogen) atoms. The maximum absolute atomic E-state index is 2.35. The van der Waals surface area contributed by atoms with Crippen LogP contribution in [0.4, 0.5) is 0 Å². The second-order valence-corrected chi connectivity index (χ2v) is 7.25. The molecular formula is C25H24. The molecule has 4 aromatic carbocycles. The van der Waals surface area contributed by atoms with Crippen LogP contribution in [0.1, 0.15) is 43.2 Å². The second-order valence-electron chi connectivity index (χ2n) is 7.25. The van der Waals surface area contributed by atoms with Gasteiger partial charge in [0.25, 0.3) is 0 Å². The van der Waals surface area contributed by atoms with Crippen LogP contribution >= 0.6 is 0 Å². The minimum absolute atomic E-state index is 0.547. The molecule has 0 unspecified atom stereocenters. The molecule has 0 aromatic heterocycles. The van der Waals surface area contributed by atoms with Crippen molar-refractivity contribution in [2.75, 3.05) is 0 Å². The lowest BCUT2D eigenvalue weighted by molar-refractivity contribution is 0.594. The molecule has 4 aromatic rings. The van der Waals surface area contributed by atoms with Gasteiger partial charge in [-0.25, -0.2) is 0 Å². The molecule has 0 saturated heterocycles. The number of benzene rings is 4. The van der Waals surface area contributed by atoms with E-state index in [0.29, 0.717) is 11.8 Å². The molecule has 0 N–H and O–H groups in total. The van der Waals surface area contributed by atoms with Crippen molar-refractivity contribution in [2.45, 2.75) is 32.1 Å². The van der Waals surface area contributed by atoms with Crippen molar-refractivity contribution in [1.29, 1.82) is 0 Å². The zero-order chi connectivity index (χ0) is 17.2. The second kappa shape index (κ2) is 6.72. The van der Waals surface area contributed by atoms with Crippen LogP contribution < -0.4 is 0 Å². The molecule has 0 aliphatic heterocycles. The van der Waals surface area contributed by atoms with Gasteiger partial charge in [0, 0.05) is 0 Å². The van der Waals surface area contributed by atoms with E-state index in [9.17, 15) is 0 Å². The first-order valence-corrected chi connectivity index (χ1v) is 9.18. The van der Waals surface area contributed by atoms with Gasteiger partial charge in [-0.15, -0.1) is 0 Å². The number of fused-ring (bicyclic) bond motifs is 2. The monoisotopic (exact) mass is 324 g/mol.